The minimum atomic E-state index is -1.59. The highest BCUT2D eigenvalue weighted by Gasteiger charge is 2.55. The first-order chi connectivity index (χ1) is 60.6. The summed E-state index contributed by atoms with van der Waals surface area (Å²) >= 11 is 0. The molecule has 9 N–H and O–H groups in total. The van der Waals surface area contributed by atoms with Gasteiger partial charge in [0, 0.05) is 134 Å². The normalized spacial score (nSPS) is 24.4. The molecule has 1 saturated carbocycles. The van der Waals surface area contributed by atoms with Crippen molar-refractivity contribution in [3.63, 3.8) is 0 Å². The van der Waals surface area contributed by atoms with Gasteiger partial charge in [-0.15, -0.1) is 5.26 Å². The van der Waals surface area contributed by atoms with Crippen molar-refractivity contribution in [1.82, 2.24) is 47.2 Å². The molecular weight excluding hydrogens is 1720 g/mol. The molecule has 48 heteroatoms. The Bertz CT molecular complexity index is 3680. The number of nitrogens with one attached hydrogen (secondary N) is 9. The van der Waals surface area contributed by atoms with Gasteiger partial charge in [-0.2, -0.15) is 0 Å². The zero-order valence-corrected chi connectivity index (χ0v) is 76.2. The molecule has 1 aliphatic carbocycles. The van der Waals surface area contributed by atoms with Crippen LogP contribution in [0.4, 0.5) is 0 Å². The molecule has 18 atom stereocenters. The van der Waals surface area contributed by atoms with Crippen molar-refractivity contribution in [3.8, 4) is 6.07 Å². The topological polar surface area (TPSA) is 598 Å². The number of carbonyl (C=O) groups excluding carboxylic acids is 17. The summed E-state index contributed by atoms with van der Waals surface area (Å²) in [7, 11) is -1.59. The molecule has 4 rings (SSSR count). The van der Waals surface area contributed by atoms with E-state index in [1.165, 1.54) is 13.8 Å². The van der Waals surface area contributed by atoms with Gasteiger partial charge in [0.25, 0.3) is 14.6 Å². The largest absolute Gasteiger partial charge is 0.463 e. The SMILES string of the molecule is CC(=O)NC1C(OCCOCCNC(=O)CCC(NC(=O)CCC(NC(=O)C2CCC(OP(OCCC#[NH+])N(C(C)C)C(C)C)CC2)C(=O)NCCOCCOC2OC(COC(C)=O)C(OC(C)=O)C(OC(C)=O)C2NC(C)=O)C(=O)NCCOCCOC2OC(COC(C)=O)C(OC(C)=O)C(OC(C)=O)C2NC(C)=O)OC(COC(C)=O)C(OC(C)=O)C1OC(C)=O. The Labute approximate surface area is 743 Å². The van der Waals surface area contributed by atoms with Crippen molar-refractivity contribution in [2.75, 3.05) is 106 Å². The van der Waals surface area contributed by atoms with E-state index in [-0.39, 0.29) is 130 Å². The van der Waals surface area contributed by atoms with Gasteiger partial charge < -0.3 is 137 Å². The second-order valence-corrected chi connectivity index (χ2v) is 31.9. The monoisotopic (exact) mass is 1850 g/mol. The summed E-state index contributed by atoms with van der Waals surface area (Å²) in [5, 5.41) is 28.7. The van der Waals surface area contributed by atoms with E-state index in [1.807, 2.05) is 27.7 Å². The Kier molecular flexibility index (Phi) is 50.9. The van der Waals surface area contributed by atoms with Crippen molar-refractivity contribution in [1.29, 1.82) is 0 Å². The van der Waals surface area contributed by atoms with E-state index in [2.05, 4.69) is 53.3 Å². The van der Waals surface area contributed by atoms with E-state index < -0.39 is 246 Å². The molecule has 0 spiro atoms. The Balaban J connectivity index is 1.55. The van der Waals surface area contributed by atoms with E-state index in [1.54, 1.807) is 0 Å². The first-order valence-corrected chi connectivity index (χ1v) is 43.2. The fourth-order valence-electron chi connectivity index (χ4n) is 13.9. The molecular formula is C80H128N10O37P+. The Hall–Kier alpha value is -9.57. The van der Waals surface area contributed by atoms with Gasteiger partial charge in [-0.3, -0.25) is 81.5 Å². The molecule has 4 aliphatic rings. The zero-order valence-electron chi connectivity index (χ0n) is 75.3. The molecule has 0 aromatic carbocycles. The zero-order chi connectivity index (χ0) is 95.3. The molecule has 18 unspecified atom stereocenters. The first kappa shape index (κ1) is 111. The van der Waals surface area contributed by atoms with Crippen LogP contribution in [0.25, 0.3) is 0 Å². The van der Waals surface area contributed by atoms with Crippen LogP contribution in [-0.4, -0.2) is 333 Å². The van der Waals surface area contributed by atoms with Gasteiger partial charge in [-0.1, -0.05) is 0 Å². The lowest BCUT2D eigenvalue weighted by atomic mass is 9.86. The molecule has 128 heavy (non-hydrogen) atoms. The number of rotatable bonds is 55. The molecule has 4 fully saturated rings. The second kappa shape index (κ2) is 58.9. The fourth-order valence-corrected chi connectivity index (χ4v) is 15.6. The summed E-state index contributed by atoms with van der Waals surface area (Å²) in [6.45, 7) is 17.8. The number of esters is 9. The molecule has 3 aliphatic heterocycles. The third-order valence-corrected chi connectivity index (χ3v) is 21.2. The van der Waals surface area contributed by atoms with Crippen LogP contribution in [0.3, 0.4) is 0 Å². The van der Waals surface area contributed by atoms with Gasteiger partial charge in [0.1, 0.15) is 74.8 Å². The summed E-state index contributed by atoms with van der Waals surface area (Å²) in [5.74, 6) is -13.0. The van der Waals surface area contributed by atoms with Gasteiger partial charge in [-0.05, 0) is 66.2 Å². The molecule has 0 aromatic rings. The number of hydrogen-bond acceptors (Lipinski definition) is 38. The number of hydrogen-bond donors (Lipinski definition) is 9. The summed E-state index contributed by atoms with van der Waals surface area (Å²) < 4.78 is 116. The number of carbonyl (C=O) groups is 17. The summed E-state index contributed by atoms with van der Waals surface area (Å²) in [6, 6.07) is -4.27. The van der Waals surface area contributed by atoms with E-state index in [0.717, 1.165) is 69.2 Å². The van der Waals surface area contributed by atoms with Gasteiger partial charge in [-0.25, -0.2) is 4.67 Å². The summed E-state index contributed by atoms with van der Waals surface area (Å²) in [5.41, 5.74) is 0. The average molecular weight is 1850 g/mol. The van der Waals surface area contributed by atoms with E-state index in [4.69, 9.17) is 99.6 Å². The second-order valence-electron chi connectivity index (χ2n) is 30.4. The lowest BCUT2D eigenvalue weighted by molar-refractivity contribution is -0.279. The predicted octanol–water partition coefficient (Wildman–Crippen LogP) is -2.97. The van der Waals surface area contributed by atoms with Crippen molar-refractivity contribution in [2.24, 2.45) is 5.92 Å². The quantitative estimate of drug-likeness (QED) is 0.0127. The highest BCUT2D eigenvalue weighted by molar-refractivity contribution is 7.44. The van der Waals surface area contributed by atoms with E-state index in [9.17, 15) is 81.5 Å². The Morgan fingerprint density at radius 2 is 0.727 bits per heavy atom. The van der Waals surface area contributed by atoms with E-state index >= 15 is 0 Å². The van der Waals surface area contributed by atoms with Crippen molar-refractivity contribution in [3.05, 3.63) is 0 Å². The van der Waals surface area contributed by atoms with Crippen LogP contribution < -0.4 is 47.8 Å². The van der Waals surface area contributed by atoms with Gasteiger partial charge in [0.05, 0.1) is 72.2 Å². The van der Waals surface area contributed by atoms with Crippen LogP contribution in [0.15, 0.2) is 0 Å². The van der Waals surface area contributed by atoms with Crippen LogP contribution in [0, 0.1) is 12.0 Å². The molecule has 3 saturated heterocycles. The van der Waals surface area contributed by atoms with Crippen LogP contribution in [-0.2, 0) is 176 Å². The number of nitrogens with zero attached hydrogens (tertiary/aromatic N) is 1. The lowest BCUT2D eigenvalue weighted by Crippen LogP contribution is -2.66. The first-order valence-electron chi connectivity index (χ1n) is 42.1. The van der Waals surface area contributed by atoms with Crippen molar-refractivity contribution >= 4 is 110 Å². The molecule has 8 amide bonds. The van der Waals surface area contributed by atoms with Crippen molar-refractivity contribution < 1.29 is 181 Å². The van der Waals surface area contributed by atoms with Crippen LogP contribution >= 0.6 is 8.53 Å². The maximum absolute atomic E-state index is 14.4. The smallest absolute Gasteiger partial charge is 0.303 e. The predicted molar refractivity (Wildman–Crippen MR) is 435 cm³/mol. The van der Waals surface area contributed by atoms with E-state index in [0.29, 0.717) is 25.7 Å². The van der Waals surface area contributed by atoms with Crippen LogP contribution in [0.5, 0.6) is 0 Å². The van der Waals surface area contributed by atoms with Gasteiger partial charge in [0.15, 0.2) is 55.5 Å². The Morgan fingerprint density at radius 3 is 1.05 bits per heavy atom. The number of ether oxygens (including phenoxy) is 18. The fraction of sp³-hybridized carbons (Fsp3) is 0.775. The standard InChI is InChI=1S/C80H127N10O37P/c1-43(2)90(44(3)4)128(117-30-17-26-81)127-58-20-18-57(19-21-58)75(105)89-60(77(107)84-29-33-110-36-39-113-80-68(87-47(7)93)74(123-56(16)102)71(120-53(13)99)63(126-80)42-116-50(10)96)23-25-65(104)88-59(76(106)83-28-32-109-35-38-112-79-67(86-46(6)92)73(122-55(15)101)70(119-52(12)98)62(125-79)41-115-49(9)95)22-24-64(103)82-27-31-108-34-37-111-78-66(85-45(5)91)72(121-54(14)100)69(118-51(11)97)61(124-78)40-114-48(8)94/h43-44,57-63,66-74,78-80H,17-25,27-42H2,1-16H3,(H,82,103)(H,83,106)(H,84,107)(H,85,91)(H,86,92)(H,87,93)(H,88,104)(H,89,105)/p+1. The number of amides is 8. The molecule has 0 bridgehead atoms. The minimum absolute atomic E-state index is 0.0321. The molecule has 724 valence electrons. The molecule has 47 nitrogen and oxygen atoms in total. The average Bonchev–Trinajstić information content (AvgIpc) is 0.794. The maximum Gasteiger partial charge on any atom is 0.303 e. The van der Waals surface area contributed by atoms with Gasteiger partial charge in [0.2, 0.25) is 47.3 Å². The third kappa shape index (κ3) is 41.9. The van der Waals surface area contributed by atoms with Crippen LogP contribution in [0.2, 0.25) is 0 Å². The molecule has 3 heterocycles. The van der Waals surface area contributed by atoms with Crippen LogP contribution in [0.1, 0.15) is 169 Å². The lowest BCUT2D eigenvalue weighted by Gasteiger charge is -2.44. The van der Waals surface area contributed by atoms with Crippen molar-refractivity contribution in [2.45, 2.75) is 291 Å². The molecule has 0 aromatic heterocycles. The van der Waals surface area contributed by atoms with Gasteiger partial charge >= 0.3 is 53.7 Å². The molecule has 0 radical (unpaired) electrons. The maximum atomic E-state index is 14.4. The Morgan fingerprint density at radius 1 is 0.398 bits per heavy atom. The highest BCUT2D eigenvalue weighted by atomic mass is 31.2. The summed E-state index contributed by atoms with van der Waals surface area (Å²) in [6.07, 6.45) is -16.5. The highest BCUT2D eigenvalue weighted by Crippen LogP contribution is 2.49. The third-order valence-electron chi connectivity index (χ3n) is 19.0. The summed E-state index contributed by atoms with van der Waals surface area (Å²) in [4.78, 5) is 218. The minimum Gasteiger partial charge on any atom is -0.463 e.